The van der Waals surface area contributed by atoms with E-state index in [2.05, 4.69) is 34.5 Å². The summed E-state index contributed by atoms with van der Waals surface area (Å²) in [6.07, 6.45) is 7.11. The van der Waals surface area contributed by atoms with Gasteiger partial charge in [-0.1, -0.05) is 18.2 Å². The molecule has 0 aromatic heterocycles. The normalized spacial score (nSPS) is 34.2. The molecule has 0 radical (unpaired) electrons. The van der Waals surface area contributed by atoms with Crippen molar-refractivity contribution in [1.29, 1.82) is 0 Å². The summed E-state index contributed by atoms with van der Waals surface area (Å²) in [6.45, 7) is 4.97. The summed E-state index contributed by atoms with van der Waals surface area (Å²) in [5.41, 5.74) is 1.03. The average molecular weight is 396 g/mol. The number of carbonyl (C=O) groups excluding carboxylic acids is 2. The molecule has 5 heteroatoms. The largest absolute Gasteiger partial charge is 0.368 e. The highest BCUT2D eigenvalue weighted by Gasteiger charge is 2.54. The Balaban J connectivity index is 1.17. The van der Waals surface area contributed by atoms with Gasteiger partial charge in [-0.3, -0.25) is 9.59 Å². The molecule has 1 aromatic carbocycles. The van der Waals surface area contributed by atoms with E-state index in [1.54, 1.807) is 0 Å². The summed E-state index contributed by atoms with van der Waals surface area (Å²) < 4.78 is 0. The Labute approximate surface area is 173 Å². The lowest BCUT2D eigenvalue weighted by atomic mass is 9.49. The van der Waals surface area contributed by atoms with Crippen LogP contribution in [0.5, 0.6) is 0 Å². The third-order valence-corrected chi connectivity index (χ3v) is 7.95. The second kappa shape index (κ2) is 7.33. The molecule has 1 heterocycles. The van der Waals surface area contributed by atoms with Gasteiger partial charge in [-0.15, -0.1) is 0 Å². The third-order valence-electron chi connectivity index (χ3n) is 7.95. The molecule has 1 aliphatic heterocycles. The molecule has 5 nitrogen and oxygen atoms in total. The van der Waals surface area contributed by atoms with Crippen LogP contribution in [-0.2, 0) is 9.59 Å². The molecule has 29 heavy (non-hydrogen) atoms. The van der Waals surface area contributed by atoms with Crippen LogP contribution < -0.4 is 10.2 Å². The number of para-hydroxylation sites is 1. The number of anilines is 1. The number of hydrogen-bond donors (Lipinski definition) is 1. The number of benzene rings is 1. The molecule has 4 aliphatic carbocycles. The highest BCUT2D eigenvalue weighted by Crippen LogP contribution is 2.60. The van der Waals surface area contributed by atoms with Crippen molar-refractivity contribution in [3.8, 4) is 0 Å². The molecule has 0 spiro atoms. The predicted octanol–water partition coefficient (Wildman–Crippen LogP) is 3.06. The van der Waals surface area contributed by atoms with E-state index in [1.165, 1.54) is 24.9 Å². The molecule has 5 fully saturated rings. The summed E-state index contributed by atoms with van der Waals surface area (Å²) in [6, 6.07) is 9.93. The molecule has 156 valence electrons. The molecule has 1 saturated heterocycles. The van der Waals surface area contributed by atoms with Gasteiger partial charge in [-0.25, -0.2) is 0 Å². The first-order valence-electron chi connectivity index (χ1n) is 11.4. The second-order valence-corrected chi connectivity index (χ2v) is 10.0. The van der Waals surface area contributed by atoms with Crippen molar-refractivity contribution in [2.45, 2.75) is 51.5 Å². The Morgan fingerprint density at radius 2 is 1.48 bits per heavy atom. The first-order chi connectivity index (χ1) is 14.0. The monoisotopic (exact) mass is 395 g/mol. The van der Waals surface area contributed by atoms with Crippen molar-refractivity contribution in [3.63, 3.8) is 0 Å². The number of rotatable bonds is 4. The van der Waals surface area contributed by atoms with Crippen LogP contribution in [0.1, 0.15) is 45.4 Å². The van der Waals surface area contributed by atoms with E-state index >= 15 is 0 Å². The number of piperazine rings is 1. The van der Waals surface area contributed by atoms with Crippen LogP contribution in [0.15, 0.2) is 30.3 Å². The van der Waals surface area contributed by atoms with Gasteiger partial charge in [0.25, 0.3) is 0 Å². The van der Waals surface area contributed by atoms with Crippen LogP contribution in [0, 0.1) is 23.2 Å². The zero-order valence-corrected chi connectivity index (χ0v) is 17.5. The van der Waals surface area contributed by atoms with Gasteiger partial charge in [-0.2, -0.15) is 0 Å². The minimum atomic E-state index is -0.432. The Kier molecular flexibility index (Phi) is 4.79. The van der Waals surface area contributed by atoms with Gasteiger partial charge < -0.3 is 15.1 Å². The molecule has 4 saturated carbocycles. The minimum absolute atomic E-state index is 0.0655. The van der Waals surface area contributed by atoms with Crippen LogP contribution in [0.25, 0.3) is 0 Å². The number of nitrogens with zero attached hydrogens (tertiary/aromatic N) is 2. The molecule has 1 N–H and O–H groups in total. The molecular formula is C24H33N3O2. The fraction of sp³-hybridized carbons (Fsp3) is 0.667. The van der Waals surface area contributed by atoms with Gasteiger partial charge in [0, 0.05) is 37.3 Å². The first kappa shape index (κ1) is 19.0. The average Bonchev–Trinajstić information content (AvgIpc) is 2.73. The fourth-order valence-electron chi connectivity index (χ4n) is 6.90. The molecule has 5 aliphatic rings. The quantitative estimate of drug-likeness (QED) is 0.853. The number of nitrogens with one attached hydrogen (secondary N) is 1. The van der Waals surface area contributed by atoms with Gasteiger partial charge >= 0.3 is 0 Å². The van der Waals surface area contributed by atoms with Gasteiger partial charge in [0.15, 0.2) is 0 Å². The lowest BCUT2D eigenvalue weighted by molar-refractivity contribution is -0.149. The van der Waals surface area contributed by atoms with E-state index in [0.29, 0.717) is 13.1 Å². The summed E-state index contributed by atoms with van der Waals surface area (Å²) in [5.74, 6) is 2.44. The van der Waals surface area contributed by atoms with Crippen LogP contribution in [-0.4, -0.2) is 48.9 Å². The standard InChI is InChI=1S/C24H33N3O2/c1-17(22(28)27-9-7-26(8-10-27)21-5-3-2-4-6-21)25-23(29)24-14-18-11-19(15-24)13-20(12-18)16-24/h2-6,17-20H,7-16H2,1H3,(H,25,29)/t17-,18?,19?,20?,24?/m0/s1. The SMILES string of the molecule is C[C@H](NC(=O)C12CC3CC(CC(C3)C1)C2)C(=O)N1CCN(c2ccccc2)CC1. The lowest BCUT2D eigenvalue weighted by Gasteiger charge is -2.55. The highest BCUT2D eigenvalue weighted by atomic mass is 16.2. The maximum absolute atomic E-state index is 13.2. The fourth-order valence-corrected chi connectivity index (χ4v) is 6.90. The van der Waals surface area contributed by atoms with Crippen LogP contribution in [0.3, 0.4) is 0 Å². The Morgan fingerprint density at radius 1 is 0.931 bits per heavy atom. The number of hydrogen-bond acceptors (Lipinski definition) is 3. The van der Waals surface area contributed by atoms with E-state index in [0.717, 1.165) is 50.1 Å². The smallest absolute Gasteiger partial charge is 0.244 e. The van der Waals surface area contributed by atoms with Crippen molar-refractivity contribution >= 4 is 17.5 Å². The molecule has 4 bridgehead atoms. The minimum Gasteiger partial charge on any atom is -0.368 e. The highest BCUT2D eigenvalue weighted by molar-refractivity contribution is 5.90. The maximum Gasteiger partial charge on any atom is 0.244 e. The molecule has 2 amide bonds. The summed E-state index contributed by atoms with van der Waals surface area (Å²) in [7, 11) is 0. The Hall–Kier alpha value is -2.04. The number of carbonyl (C=O) groups is 2. The molecule has 6 rings (SSSR count). The van der Waals surface area contributed by atoms with Crippen LogP contribution in [0.2, 0.25) is 0 Å². The first-order valence-corrected chi connectivity index (χ1v) is 11.4. The second-order valence-electron chi connectivity index (χ2n) is 10.0. The predicted molar refractivity (Wildman–Crippen MR) is 113 cm³/mol. The summed E-state index contributed by atoms with van der Waals surface area (Å²) in [4.78, 5) is 30.5. The van der Waals surface area contributed by atoms with E-state index in [9.17, 15) is 9.59 Å². The van der Waals surface area contributed by atoms with Crippen molar-refractivity contribution in [1.82, 2.24) is 10.2 Å². The maximum atomic E-state index is 13.2. The van der Waals surface area contributed by atoms with Crippen LogP contribution >= 0.6 is 0 Å². The van der Waals surface area contributed by atoms with E-state index in [1.807, 2.05) is 17.9 Å². The van der Waals surface area contributed by atoms with Gasteiger partial charge in [-0.05, 0) is 75.3 Å². The van der Waals surface area contributed by atoms with Crippen molar-refractivity contribution in [3.05, 3.63) is 30.3 Å². The van der Waals surface area contributed by atoms with Crippen molar-refractivity contribution in [2.24, 2.45) is 23.2 Å². The van der Waals surface area contributed by atoms with E-state index in [-0.39, 0.29) is 17.2 Å². The van der Waals surface area contributed by atoms with Crippen LogP contribution in [0.4, 0.5) is 5.69 Å². The topological polar surface area (TPSA) is 52.7 Å². The van der Waals surface area contributed by atoms with E-state index in [4.69, 9.17) is 0 Å². The van der Waals surface area contributed by atoms with E-state index < -0.39 is 6.04 Å². The van der Waals surface area contributed by atoms with Crippen molar-refractivity contribution in [2.75, 3.05) is 31.1 Å². The van der Waals surface area contributed by atoms with Gasteiger partial charge in [0.2, 0.25) is 11.8 Å². The third kappa shape index (κ3) is 3.53. The molecule has 0 unspecified atom stereocenters. The molecule has 1 aromatic rings. The Bertz CT molecular complexity index is 734. The zero-order chi connectivity index (χ0) is 20.0. The molecular weight excluding hydrogens is 362 g/mol. The summed E-state index contributed by atoms with van der Waals surface area (Å²) in [5, 5.41) is 3.13. The summed E-state index contributed by atoms with van der Waals surface area (Å²) >= 11 is 0. The molecule has 1 atom stereocenters. The zero-order valence-electron chi connectivity index (χ0n) is 17.5. The lowest BCUT2D eigenvalue weighted by Crippen LogP contribution is -2.58. The van der Waals surface area contributed by atoms with Gasteiger partial charge in [0.1, 0.15) is 6.04 Å². The Morgan fingerprint density at radius 3 is 2.03 bits per heavy atom. The van der Waals surface area contributed by atoms with Gasteiger partial charge in [0.05, 0.1) is 0 Å². The number of amides is 2. The van der Waals surface area contributed by atoms with Crippen molar-refractivity contribution < 1.29 is 9.59 Å².